The fraction of sp³-hybridized carbons (Fsp3) is 0.867. The molecule has 2 aliphatic rings. The molecule has 0 bridgehead atoms. The predicted molar refractivity (Wildman–Crippen MR) is 78.2 cm³/mol. The van der Waals surface area contributed by atoms with Crippen LogP contribution in [0.2, 0.25) is 0 Å². The van der Waals surface area contributed by atoms with Gasteiger partial charge >= 0.3 is 11.8 Å². The number of rotatable bonds is 2. The number of carbonyl (C=O) groups excluding carboxylic acids is 2. The molecule has 1 saturated heterocycles. The van der Waals surface area contributed by atoms with Gasteiger partial charge in [-0.2, -0.15) is 0 Å². The lowest BCUT2D eigenvalue weighted by Crippen LogP contribution is -2.46. The minimum absolute atomic E-state index is 0.364. The Morgan fingerprint density at radius 2 is 1.95 bits per heavy atom. The summed E-state index contributed by atoms with van der Waals surface area (Å²) in [6, 6.07) is 0. The molecule has 2 fully saturated rings. The molecule has 0 aromatic heterocycles. The van der Waals surface area contributed by atoms with E-state index in [1.807, 2.05) is 0 Å². The monoisotopic (exact) mass is 281 g/mol. The highest BCUT2D eigenvalue weighted by Gasteiger charge is 2.25. The van der Waals surface area contributed by atoms with Gasteiger partial charge in [0, 0.05) is 26.2 Å². The van der Waals surface area contributed by atoms with Gasteiger partial charge in [-0.25, -0.2) is 0 Å². The summed E-state index contributed by atoms with van der Waals surface area (Å²) in [7, 11) is 0. The van der Waals surface area contributed by atoms with E-state index in [1.54, 1.807) is 4.90 Å². The summed E-state index contributed by atoms with van der Waals surface area (Å²) in [6.07, 6.45) is 5.87. The van der Waals surface area contributed by atoms with Crippen molar-refractivity contribution in [3.63, 3.8) is 0 Å². The standard InChI is InChI=1S/C15H27N3O2/c1-12-5-2-3-6-13(12)11-17-14(19)15(20)18-9-4-7-16-8-10-18/h12-13,16H,2-11H2,1H3,(H,17,19). The van der Waals surface area contributed by atoms with Crippen LogP contribution in [-0.2, 0) is 9.59 Å². The molecule has 2 unspecified atom stereocenters. The largest absolute Gasteiger partial charge is 0.348 e. The summed E-state index contributed by atoms with van der Waals surface area (Å²) in [4.78, 5) is 25.7. The Morgan fingerprint density at radius 3 is 2.75 bits per heavy atom. The summed E-state index contributed by atoms with van der Waals surface area (Å²) in [5.41, 5.74) is 0. The molecule has 0 aromatic carbocycles. The van der Waals surface area contributed by atoms with Crippen molar-refractivity contribution in [2.75, 3.05) is 32.7 Å². The Kier molecular flexibility index (Phi) is 5.83. The van der Waals surface area contributed by atoms with E-state index in [2.05, 4.69) is 17.6 Å². The second-order valence-electron chi connectivity index (χ2n) is 6.13. The van der Waals surface area contributed by atoms with Crippen LogP contribution in [0.4, 0.5) is 0 Å². The molecule has 5 nitrogen and oxygen atoms in total. The molecule has 0 aromatic rings. The van der Waals surface area contributed by atoms with Crippen LogP contribution >= 0.6 is 0 Å². The average Bonchev–Trinajstić information content (AvgIpc) is 2.74. The van der Waals surface area contributed by atoms with E-state index in [0.717, 1.165) is 19.5 Å². The van der Waals surface area contributed by atoms with Gasteiger partial charge in [-0.3, -0.25) is 9.59 Å². The molecule has 1 heterocycles. The zero-order valence-corrected chi connectivity index (χ0v) is 12.5. The Morgan fingerprint density at radius 1 is 1.15 bits per heavy atom. The first kappa shape index (κ1) is 15.3. The fourth-order valence-corrected chi connectivity index (χ4v) is 3.19. The first-order chi connectivity index (χ1) is 9.68. The smallest absolute Gasteiger partial charge is 0.311 e. The first-order valence-electron chi connectivity index (χ1n) is 7.96. The highest BCUT2D eigenvalue weighted by Crippen LogP contribution is 2.28. The number of hydrogen-bond donors (Lipinski definition) is 2. The summed E-state index contributed by atoms with van der Waals surface area (Å²) in [6.45, 7) is 5.91. The summed E-state index contributed by atoms with van der Waals surface area (Å²) >= 11 is 0. The van der Waals surface area contributed by atoms with Gasteiger partial charge in [-0.1, -0.05) is 26.2 Å². The van der Waals surface area contributed by atoms with Gasteiger partial charge in [0.25, 0.3) is 0 Å². The van der Waals surface area contributed by atoms with E-state index in [9.17, 15) is 9.59 Å². The molecule has 2 amide bonds. The van der Waals surface area contributed by atoms with Gasteiger partial charge in [0.1, 0.15) is 0 Å². The molecule has 1 aliphatic heterocycles. The second-order valence-corrected chi connectivity index (χ2v) is 6.13. The van der Waals surface area contributed by atoms with E-state index in [4.69, 9.17) is 0 Å². The van der Waals surface area contributed by atoms with E-state index < -0.39 is 5.91 Å². The fourth-order valence-electron chi connectivity index (χ4n) is 3.19. The van der Waals surface area contributed by atoms with Crippen LogP contribution in [0.25, 0.3) is 0 Å². The van der Waals surface area contributed by atoms with E-state index in [1.165, 1.54) is 25.7 Å². The van der Waals surface area contributed by atoms with Crippen LogP contribution < -0.4 is 10.6 Å². The molecule has 2 rings (SSSR count). The van der Waals surface area contributed by atoms with E-state index >= 15 is 0 Å². The van der Waals surface area contributed by atoms with Gasteiger partial charge in [-0.15, -0.1) is 0 Å². The third kappa shape index (κ3) is 4.20. The Labute approximate surface area is 121 Å². The molecule has 2 atom stereocenters. The Hall–Kier alpha value is -1.10. The maximum Gasteiger partial charge on any atom is 0.311 e. The lowest BCUT2D eigenvalue weighted by Gasteiger charge is -2.29. The third-order valence-electron chi connectivity index (χ3n) is 4.64. The zero-order chi connectivity index (χ0) is 14.4. The van der Waals surface area contributed by atoms with Crippen LogP contribution in [0.5, 0.6) is 0 Å². The average molecular weight is 281 g/mol. The first-order valence-corrected chi connectivity index (χ1v) is 7.96. The van der Waals surface area contributed by atoms with Crippen LogP contribution in [0.1, 0.15) is 39.0 Å². The Balaban J connectivity index is 1.76. The highest BCUT2D eigenvalue weighted by molar-refractivity contribution is 6.35. The number of hydrogen-bond acceptors (Lipinski definition) is 3. The van der Waals surface area contributed by atoms with E-state index in [0.29, 0.717) is 31.5 Å². The number of carbonyl (C=O) groups is 2. The molecule has 0 radical (unpaired) electrons. The van der Waals surface area contributed by atoms with Gasteiger partial charge in [0.15, 0.2) is 0 Å². The molecule has 20 heavy (non-hydrogen) atoms. The SMILES string of the molecule is CC1CCCCC1CNC(=O)C(=O)N1CCCNCC1. The summed E-state index contributed by atoms with van der Waals surface area (Å²) in [5.74, 6) is 0.398. The normalized spacial score (nSPS) is 27.8. The summed E-state index contributed by atoms with van der Waals surface area (Å²) in [5, 5.41) is 6.08. The molecule has 0 spiro atoms. The van der Waals surface area contributed by atoms with Crippen LogP contribution in [0, 0.1) is 11.8 Å². The molecular weight excluding hydrogens is 254 g/mol. The van der Waals surface area contributed by atoms with Crippen LogP contribution in [0.15, 0.2) is 0 Å². The van der Waals surface area contributed by atoms with Crippen molar-refractivity contribution in [3.8, 4) is 0 Å². The lowest BCUT2D eigenvalue weighted by molar-refractivity contribution is -0.145. The second kappa shape index (κ2) is 7.62. The third-order valence-corrected chi connectivity index (χ3v) is 4.64. The molecule has 1 saturated carbocycles. The molecular formula is C15H27N3O2. The molecule has 2 N–H and O–H groups in total. The lowest BCUT2D eigenvalue weighted by atomic mass is 9.80. The van der Waals surface area contributed by atoms with Crippen molar-refractivity contribution < 1.29 is 9.59 Å². The van der Waals surface area contributed by atoms with Crippen molar-refractivity contribution in [2.45, 2.75) is 39.0 Å². The van der Waals surface area contributed by atoms with Gasteiger partial charge in [0.05, 0.1) is 0 Å². The molecule has 5 heteroatoms. The number of nitrogens with one attached hydrogen (secondary N) is 2. The minimum atomic E-state index is -0.426. The van der Waals surface area contributed by atoms with Gasteiger partial charge < -0.3 is 15.5 Å². The van der Waals surface area contributed by atoms with Crippen molar-refractivity contribution in [1.29, 1.82) is 0 Å². The van der Waals surface area contributed by atoms with Crippen molar-refractivity contribution in [2.24, 2.45) is 11.8 Å². The van der Waals surface area contributed by atoms with Crippen LogP contribution in [0.3, 0.4) is 0 Å². The minimum Gasteiger partial charge on any atom is -0.348 e. The van der Waals surface area contributed by atoms with E-state index in [-0.39, 0.29) is 5.91 Å². The highest BCUT2D eigenvalue weighted by atomic mass is 16.2. The molecule has 114 valence electrons. The maximum absolute atomic E-state index is 12.1. The van der Waals surface area contributed by atoms with Crippen molar-refractivity contribution in [3.05, 3.63) is 0 Å². The number of nitrogens with zero attached hydrogens (tertiary/aromatic N) is 1. The quantitative estimate of drug-likeness (QED) is 0.734. The Bertz CT molecular complexity index is 338. The zero-order valence-electron chi connectivity index (χ0n) is 12.5. The maximum atomic E-state index is 12.1. The summed E-state index contributed by atoms with van der Waals surface area (Å²) < 4.78 is 0. The van der Waals surface area contributed by atoms with Gasteiger partial charge in [0.2, 0.25) is 0 Å². The van der Waals surface area contributed by atoms with Crippen molar-refractivity contribution >= 4 is 11.8 Å². The van der Waals surface area contributed by atoms with Crippen molar-refractivity contribution in [1.82, 2.24) is 15.5 Å². The van der Waals surface area contributed by atoms with Crippen LogP contribution in [-0.4, -0.2) is 49.4 Å². The number of amides is 2. The predicted octanol–water partition coefficient (Wildman–Crippen LogP) is 0.751. The topological polar surface area (TPSA) is 61.4 Å². The molecule has 1 aliphatic carbocycles. The van der Waals surface area contributed by atoms with Gasteiger partial charge in [-0.05, 0) is 31.2 Å².